The zero-order valence-electron chi connectivity index (χ0n) is 25.4. The molecule has 1 aliphatic rings. The number of hydrogen-bond acceptors (Lipinski definition) is 5. The average molecular weight is 620 g/mol. The maximum absolute atomic E-state index is 13.9. The Bertz CT molecular complexity index is 1370. The van der Waals surface area contributed by atoms with Crippen molar-refractivity contribution in [2.75, 3.05) is 13.1 Å². The molecule has 7 nitrogen and oxygen atoms in total. The predicted molar refractivity (Wildman–Crippen MR) is 169 cm³/mol. The first kappa shape index (κ1) is 34.4. The number of ketones is 1. The lowest BCUT2D eigenvalue weighted by molar-refractivity contribution is 0.104. The van der Waals surface area contributed by atoms with Crippen LogP contribution in [0.1, 0.15) is 133 Å². The van der Waals surface area contributed by atoms with Gasteiger partial charge in [-0.15, -0.1) is 0 Å². The third kappa shape index (κ3) is 9.46. The highest BCUT2D eigenvalue weighted by molar-refractivity contribution is 7.89. The molecular formula is C33H49NO6S2. The van der Waals surface area contributed by atoms with E-state index in [1.807, 2.05) is 0 Å². The number of hydrogen-bond donors (Lipinski definition) is 1. The molecule has 9 heteroatoms. The summed E-state index contributed by atoms with van der Waals surface area (Å²) in [5.74, 6) is -0.444. The van der Waals surface area contributed by atoms with Crippen LogP contribution < -0.4 is 0 Å². The van der Waals surface area contributed by atoms with Gasteiger partial charge in [0.1, 0.15) is 0 Å². The Morgan fingerprint density at radius 3 is 1.36 bits per heavy atom. The van der Waals surface area contributed by atoms with E-state index < -0.39 is 25.9 Å². The summed E-state index contributed by atoms with van der Waals surface area (Å²) >= 11 is 0. The van der Waals surface area contributed by atoms with Crippen molar-refractivity contribution in [3.63, 3.8) is 0 Å². The fourth-order valence-corrected chi connectivity index (χ4v) is 7.75. The molecule has 1 N–H and O–H groups in total. The van der Waals surface area contributed by atoms with Crippen molar-refractivity contribution in [3.05, 3.63) is 47.5 Å². The lowest BCUT2D eigenvalue weighted by atomic mass is 10.1. The van der Waals surface area contributed by atoms with Crippen LogP contribution in [0.3, 0.4) is 0 Å². The third-order valence-electron chi connectivity index (χ3n) is 8.22. The number of rotatable bonds is 21. The van der Waals surface area contributed by atoms with Crippen molar-refractivity contribution in [1.29, 1.82) is 0 Å². The highest BCUT2D eigenvalue weighted by Gasteiger charge is 2.31. The maximum Gasteiger partial charge on any atom is 0.294 e. The summed E-state index contributed by atoms with van der Waals surface area (Å²) in [4.78, 5) is 12.9. The smallest absolute Gasteiger partial charge is 0.289 e. The summed E-state index contributed by atoms with van der Waals surface area (Å²) in [6, 6.07) is 8.47. The quantitative estimate of drug-likeness (QED) is 0.0947. The summed E-state index contributed by atoms with van der Waals surface area (Å²) in [6.45, 7) is 5.32. The van der Waals surface area contributed by atoms with E-state index in [0.29, 0.717) is 24.2 Å². The fraction of sp³-hybridized carbons (Fsp3) is 0.606. The Hall–Kier alpha value is -2.07. The van der Waals surface area contributed by atoms with Crippen molar-refractivity contribution in [2.45, 2.75) is 126 Å². The number of nitrogens with zero attached hydrogens (tertiary/aromatic N) is 1. The Kier molecular flexibility index (Phi) is 13.7. The molecule has 0 aliphatic heterocycles. The Morgan fingerprint density at radius 1 is 0.548 bits per heavy atom. The summed E-state index contributed by atoms with van der Waals surface area (Å²) < 4.78 is 62.0. The molecule has 0 saturated carbocycles. The maximum atomic E-state index is 13.9. The number of unbranched alkanes of at least 4 members (excludes halogenated alkanes) is 14. The Morgan fingerprint density at radius 2 is 0.929 bits per heavy atom. The number of benzene rings is 2. The number of fused-ring (bicyclic) bond motifs is 3. The van der Waals surface area contributed by atoms with E-state index in [1.165, 1.54) is 82.4 Å². The SMILES string of the molecule is CCCCCCCCCCN(CCCCCCCCCC)S(=O)(=O)c1ccc2c(c1)C(=O)c1cc(S(=O)(=O)O)ccc1-2. The van der Waals surface area contributed by atoms with Crippen molar-refractivity contribution < 1.29 is 26.2 Å². The second-order valence-electron chi connectivity index (χ2n) is 11.6. The zero-order valence-corrected chi connectivity index (χ0v) is 27.1. The monoisotopic (exact) mass is 619 g/mol. The molecule has 42 heavy (non-hydrogen) atoms. The highest BCUT2D eigenvalue weighted by Crippen LogP contribution is 2.39. The van der Waals surface area contributed by atoms with Crippen LogP contribution in [0.2, 0.25) is 0 Å². The molecule has 0 aromatic heterocycles. The second-order valence-corrected chi connectivity index (χ2v) is 14.9. The molecule has 0 unspecified atom stereocenters. The first-order valence-corrected chi connectivity index (χ1v) is 18.8. The van der Waals surface area contributed by atoms with Crippen LogP contribution in [0.4, 0.5) is 0 Å². The first-order valence-electron chi connectivity index (χ1n) is 15.9. The topological polar surface area (TPSA) is 109 Å². The van der Waals surface area contributed by atoms with Crippen LogP contribution in [0.5, 0.6) is 0 Å². The molecule has 0 spiro atoms. The molecule has 234 valence electrons. The van der Waals surface area contributed by atoms with Gasteiger partial charge in [-0.05, 0) is 48.2 Å². The van der Waals surface area contributed by atoms with Crippen LogP contribution in [0.25, 0.3) is 11.1 Å². The molecule has 2 aromatic carbocycles. The van der Waals surface area contributed by atoms with E-state index in [4.69, 9.17) is 0 Å². The van der Waals surface area contributed by atoms with Gasteiger partial charge >= 0.3 is 0 Å². The van der Waals surface area contributed by atoms with E-state index in [2.05, 4.69) is 13.8 Å². The van der Waals surface area contributed by atoms with Gasteiger partial charge in [0.25, 0.3) is 10.1 Å². The van der Waals surface area contributed by atoms with Gasteiger partial charge in [0.15, 0.2) is 5.78 Å². The van der Waals surface area contributed by atoms with Gasteiger partial charge in [-0.3, -0.25) is 9.35 Å². The summed E-state index contributed by atoms with van der Waals surface area (Å²) in [6.07, 6.45) is 18.1. The van der Waals surface area contributed by atoms with E-state index >= 15 is 0 Å². The standard InChI is InChI=1S/C33H49NO6S2/c1-3-5-7-9-11-13-15-17-23-34(24-18-16-14-12-10-8-6-4-2)41(36,37)27-19-21-29-30-22-20-28(42(38,39)40)26-32(30)33(35)31(29)25-27/h19-22,25-26H,3-18,23-24H2,1-2H3,(H,38,39,40). The van der Waals surface area contributed by atoms with Crippen LogP contribution in [0.15, 0.2) is 46.2 Å². The minimum Gasteiger partial charge on any atom is -0.289 e. The largest absolute Gasteiger partial charge is 0.294 e. The summed E-state index contributed by atoms with van der Waals surface area (Å²) in [5, 5.41) is 0. The molecule has 2 aromatic rings. The van der Waals surface area contributed by atoms with E-state index in [1.54, 1.807) is 16.4 Å². The Balaban J connectivity index is 1.70. The molecular weight excluding hydrogens is 570 g/mol. The fourth-order valence-electron chi connectivity index (χ4n) is 5.70. The van der Waals surface area contributed by atoms with Gasteiger partial charge in [-0.1, -0.05) is 116 Å². The molecule has 0 fully saturated rings. The molecule has 0 bridgehead atoms. The van der Waals surface area contributed by atoms with Gasteiger partial charge in [-0.25, -0.2) is 8.42 Å². The summed E-state index contributed by atoms with van der Waals surface area (Å²) in [7, 11) is -8.30. The molecule has 0 saturated heterocycles. The minimum atomic E-state index is -4.47. The third-order valence-corrected chi connectivity index (χ3v) is 11.0. The number of carbonyl (C=O) groups excluding carboxylic acids is 1. The molecule has 1 aliphatic carbocycles. The van der Waals surface area contributed by atoms with E-state index in [9.17, 15) is 26.2 Å². The Labute approximate surface area is 253 Å². The van der Waals surface area contributed by atoms with Gasteiger partial charge in [0.05, 0.1) is 9.79 Å². The van der Waals surface area contributed by atoms with Crippen molar-refractivity contribution >= 4 is 25.9 Å². The second kappa shape index (κ2) is 16.7. The van der Waals surface area contributed by atoms with E-state index in [0.717, 1.165) is 44.6 Å². The van der Waals surface area contributed by atoms with Crippen molar-refractivity contribution in [1.82, 2.24) is 4.31 Å². The van der Waals surface area contributed by atoms with Crippen molar-refractivity contribution in [3.8, 4) is 11.1 Å². The average Bonchev–Trinajstić information content (AvgIpc) is 3.24. The molecule has 0 heterocycles. The number of sulfonamides is 1. The van der Waals surface area contributed by atoms with Gasteiger partial charge < -0.3 is 0 Å². The van der Waals surface area contributed by atoms with Crippen LogP contribution in [-0.4, -0.2) is 44.6 Å². The van der Waals surface area contributed by atoms with Crippen LogP contribution in [0, 0.1) is 0 Å². The summed E-state index contributed by atoms with van der Waals surface area (Å²) in [5.41, 5.74) is 1.47. The number of carbonyl (C=O) groups is 1. The molecule has 0 radical (unpaired) electrons. The van der Waals surface area contributed by atoms with Crippen LogP contribution >= 0.6 is 0 Å². The van der Waals surface area contributed by atoms with E-state index in [-0.39, 0.29) is 20.9 Å². The zero-order chi connectivity index (χ0) is 30.6. The highest BCUT2D eigenvalue weighted by atomic mass is 32.2. The molecule has 3 rings (SSSR count). The van der Waals surface area contributed by atoms with Crippen molar-refractivity contribution in [2.24, 2.45) is 0 Å². The molecule has 0 atom stereocenters. The van der Waals surface area contributed by atoms with Gasteiger partial charge in [0.2, 0.25) is 10.0 Å². The lowest BCUT2D eigenvalue weighted by Gasteiger charge is -2.23. The van der Waals surface area contributed by atoms with Crippen LogP contribution in [-0.2, 0) is 20.1 Å². The lowest BCUT2D eigenvalue weighted by Crippen LogP contribution is -2.33. The first-order chi connectivity index (χ1) is 20.1. The van der Waals surface area contributed by atoms with Gasteiger partial charge in [-0.2, -0.15) is 12.7 Å². The normalized spacial score (nSPS) is 13.1. The predicted octanol–water partition coefficient (Wildman–Crippen LogP) is 8.42. The van der Waals surface area contributed by atoms with Gasteiger partial charge in [0, 0.05) is 24.2 Å². The molecule has 0 amide bonds. The minimum absolute atomic E-state index is 0.0801.